The van der Waals surface area contributed by atoms with E-state index in [0.717, 1.165) is 41.9 Å². The van der Waals surface area contributed by atoms with Gasteiger partial charge in [-0.15, -0.1) is 0 Å². The van der Waals surface area contributed by atoms with Crippen molar-refractivity contribution in [1.82, 2.24) is 15.5 Å². The first-order chi connectivity index (χ1) is 12.9. The highest BCUT2D eigenvalue weighted by atomic mass is 16.5. The van der Waals surface area contributed by atoms with Gasteiger partial charge in [-0.25, -0.2) is 4.79 Å². The number of rotatable bonds is 6. The minimum Gasteiger partial charge on any atom is -0.497 e. The Morgan fingerprint density at radius 3 is 2.52 bits per heavy atom. The van der Waals surface area contributed by atoms with E-state index < -0.39 is 11.6 Å². The Morgan fingerprint density at radius 2 is 1.89 bits per heavy atom. The van der Waals surface area contributed by atoms with Gasteiger partial charge in [0, 0.05) is 6.54 Å². The lowest BCUT2D eigenvalue weighted by molar-refractivity contribution is -0.136. The first-order valence-corrected chi connectivity index (χ1v) is 9.48. The van der Waals surface area contributed by atoms with Crippen molar-refractivity contribution in [2.45, 2.75) is 51.1 Å². The second-order valence-corrected chi connectivity index (χ2v) is 7.48. The molecule has 1 heterocycles. The van der Waals surface area contributed by atoms with E-state index in [0.29, 0.717) is 6.54 Å². The average molecular weight is 373 g/mol. The fourth-order valence-electron chi connectivity index (χ4n) is 3.96. The number of amides is 4. The molecule has 0 spiro atoms. The van der Waals surface area contributed by atoms with Gasteiger partial charge in [0.2, 0.25) is 5.91 Å². The summed E-state index contributed by atoms with van der Waals surface area (Å²) in [6.45, 7) is 1.86. The van der Waals surface area contributed by atoms with Gasteiger partial charge < -0.3 is 15.4 Å². The van der Waals surface area contributed by atoms with Crippen LogP contribution in [-0.2, 0) is 16.1 Å². The Hall–Kier alpha value is -2.57. The first-order valence-electron chi connectivity index (χ1n) is 9.48. The van der Waals surface area contributed by atoms with E-state index in [1.807, 2.05) is 24.3 Å². The highest BCUT2D eigenvalue weighted by Crippen LogP contribution is 2.36. The first kappa shape index (κ1) is 19.2. The van der Waals surface area contributed by atoms with Gasteiger partial charge in [0.1, 0.15) is 17.8 Å². The summed E-state index contributed by atoms with van der Waals surface area (Å²) in [4.78, 5) is 38.5. The summed E-state index contributed by atoms with van der Waals surface area (Å²) < 4.78 is 5.10. The van der Waals surface area contributed by atoms with Gasteiger partial charge in [0.15, 0.2) is 0 Å². The molecule has 1 saturated carbocycles. The molecule has 1 saturated heterocycles. The van der Waals surface area contributed by atoms with Crippen LogP contribution in [-0.4, -0.2) is 41.9 Å². The summed E-state index contributed by atoms with van der Waals surface area (Å²) in [6.07, 6.45) is 5.18. The maximum absolute atomic E-state index is 12.9. The second kappa shape index (κ2) is 7.98. The van der Waals surface area contributed by atoms with Crippen molar-refractivity contribution in [2.75, 3.05) is 13.7 Å². The van der Waals surface area contributed by atoms with Gasteiger partial charge in [-0.1, -0.05) is 31.4 Å². The van der Waals surface area contributed by atoms with Gasteiger partial charge in [0.25, 0.3) is 5.91 Å². The molecule has 1 aromatic rings. The highest BCUT2D eigenvalue weighted by molar-refractivity contribution is 6.09. The quantitative estimate of drug-likeness (QED) is 0.749. The molecule has 7 nitrogen and oxygen atoms in total. The van der Waals surface area contributed by atoms with Crippen molar-refractivity contribution >= 4 is 17.8 Å². The predicted octanol–water partition coefficient (Wildman–Crippen LogP) is 2.20. The molecule has 0 aromatic heterocycles. The van der Waals surface area contributed by atoms with E-state index in [9.17, 15) is 14.4 Å². The van der Waals surface area contributed by atoms with Crippen LogP contribution >= 0.6 is 0 Å². The van der Waals surface area contributed by atoms with E-state index in [2.05, 4.69) is 10.6 Å². The van der Waals surface area contributed by atoms with Crippen LogP contribution in [0.1, 0.15) is 44.6 Å². The number of carbonyl (C=O) groups excluding carboxylic acids is 3. The van der Waals surface area contributed by atoms with Crippen molar-refractivity contribution in [1.29, 1.82) is 0 Å². The van der Waals surface area contributed by atoms with Crippen LogP contribution in [0.2, 0.25) is 0 Å². The lowest BCUT2D eigenvalue weighted by atomic mass is 9.75. The van der Waals surface area contributed by atoms with E-state index >= 15 is 0 Å². The number of hydrogen-bond acceptors (Lipinski definition) is 4. The molecule has 2 fully saturated rings. The van der Waals surface area contributed by atoms with Crippen LogP contribution in [0.3, 0.4) is 0 Å². The van der Waals surface area contributed by atoms with Crippen molar-refractivity contribution in [3.63, 3.8) is 0 Å². The summed E-state index contributed by atoms with van der Waals surface area (Å²) >= 11 is 0. The van der Waals surface area contributed by atoms with Crippen molar-refractivity contribution in [3.05, 3.63) is 29.8 Å². The SMILES string of the molecule is COc1ccc(CNC(=O)CN2C(=O)N[C@](C)(C3CCCCC3)C2=O)cc1. The molecule has 4 amide bonds. The van der Waals surface area contributed by atoms with Crippen LogP contribution in [0, 0.1) is 5.92 Å². The van der Waals surface area contributed by atoms with Crippen molar-refractivity contribution in [2.24, 2.45) is 5.92 Å². The Kier molecular flexibility index (Phi) is 5.68. The Morgan fingerprint density at radius 1 is 1.22 bits per heavy atom. The summed E-state index contributed by atoms with van der Waals surface area (Å²) in [5.41, 5.74) is 0.0155. The number of hydrogen-bond donors (Lipinski definition) is 2. The number of nitrogens with zero attached hydrogens (tertiary/aromatic N) is 1. The van der Waals surface area contributed by atoms with E-state index in [-0.39, 0.29) is 24.3 Å². The third kappa shape index (κ3) is 4.07. The standard InChI is InChI=1S/C20H27N3O4/c1-20(15-6-4-3-5-7-15)18(25)23(19(26)22-20)13-17(24)21-12-14-8-10-16(27-2)11-9-14/h8-11,15H,3-7,12-13H2,1-2H3,(H,21,24)(H,22,26)/t20-/m1/s1. The molecule has 7 heteroatoms. The van der Waals surface area contributed by atoms with Crippen LogP contribution in [0.5, 0.6) is 5.75 Å². The van der Waals surface area contributed by atoms with Gasteiger partial charge >= 0.3 is 6.03 Å². The molecule has 1 aliphatic heterocycles. The third-order valence-electron chi connectivity index (χ3n) is 5.67. The molecule has 2 N–H and O–H groups in total. The smallest absolute Gasteiger partial charge is 0.325 e. The van der Waals surface area contributed by atoms with Gasteiger partial charge in [-0.05, 0) is 43.4 Å². The largest absolute Gasteiger partial charge is 0.497 e. The predicted molar refractivity (Wildman–Crippen MR) is 100 cm³/mol. The summed E-state index contributed by atoms with van der Waals surface area (Å²) in [5.74, 6) is 0.225. The second-order valence-electron chi connectivity index (χ2n) is 7.48. The van der Waals surface area contributed by atoms with E-state index in [1.165, 1.54) is 6.42 Å². The van der Waals surface area contributed by atoms with Crippen LogP contribution in [0.15, 0.2) is 24.3 Å². The molecular formula is C20H27N3O4. The van der Waals surface area contributed by atoms with Gasteiger partial charge in [0.05, 0.1) is 7.11 Å². The molecule has 3 rings (SSSR count). The Labute approximate surface area is 159 Å². The average Bonchev–Trinajstić information content (AvgIpc) is 2.91. The van der Waals surface area contributed by atoms with Crippen LogP contribution in [0.25, 0.3) is 0 Å². The highest BCUT2D eigenvalue weighted by Gasteiger charge is 2.52. The van der Waals surface area contributed by atoms with Gasteiger partial charge in [-0.2, -0.15) is 0 Å². The number of methoxy groups -OCH3 is 1. The number of ether oxygens (including phenoxy) is 1. The number of imide groups is 1. The minimum absolute atomic E-state index is 0.134. The van der Waals surface area contributed by atoms with Crippen LogP contribution < -0.4 is 15.4 Å². The summed E-state index contributed by atoms with van der Waals surface area (Å²) in [5, 5.41) is 5.59. The lowest BCUT2D eigenvalue weighted by Crippen LogP contribution is -2.51. The zero-order valence-corrected chi connectivity index (χ0v) is 15.9. The van der Waals surface area contributed by atoms with Crippen molar-refractivity contribution < 1.29 is 19.1 Å². The molecule has 0 radical (unpaired) electrons. The molecule has 0 unspecified atom stereocenters. The topological polar surface area (TPSA) is 87.7 Å². The molecule has 2 aliphatic rings. The molecular weight excluding hydrogens is 346 g/mol. The minimum atomic E-state index is -0.895. The Balaban J connectivity index is 1.56. The Bertz CT molecular complexity index is 712. The normalized spacial score (nSPS) is 23.3. The number of benzene rings is 1. The number of carbonyl (C=O) groups is 3. The van der Waals surface area contributed by atoms with Crippen molar-refractivity contribution in [3.8, 4) is 5.75 Å². The van der Waals surface area contributed by atoms with Gasteiger partial charge in [-0.3, -0.25) is 14.5 Å². The molecule has 1 aromatic carbocycles. The summed E-state index contributed by atoms with van der Waals surface area (Å²) in [6, 6.07) is 6.86. The molecule has 0 bridgehead atoms. The van der Waals surface area contributed by atoms with E-state index in [4.69, 9.17) is 4.74 Å². The molecule has 27 heavy (non-hydrogen) atoms. The maximum Gasteiger partial charge on any atom is 0.325 e. The van der Waals surface area contributed by atoms with Crippen LogP contribution in [0.4, 0.5) is 4.79 Å². The summed E-state index contributed by atoms with van der Waals surface area (Å²) in [7, 11) is 1.59. The lowest BCUT2D eigenvalue weighted by Gasteiger charge is -2.34. The third-order valence-corrected chi connectivity index (χ3v) is 5.67. The molecule has 1 atom stereocenters. The fourth-order valence-corrected chi connectivity index (χ4v) is 3.96. The zero-order valence-electron chi connectivity index (χ0n) is 15.9. The monoisotopic (exact) mass is 373 g/mol. The maximum atomic E-state index is 12.9. The van der Waals surface area contributed by atoms with E-state index in [1.54, 1.807) is 14.0 Å². The zero-order chi connectivity index (χ0) is 19.4. The number of nitrogens with one attached hydrogen (secondary N) is 2. The molecule has 146 valence electrons. The molecule has 1 aliphatic carbocycles. The fraction of sp³-hybridized carbons (Fsp3) is 0.550. The number of urea groups is 1.